The molecule has 28 heavy (non-hydrogen) atoms. The zero-order chi connectivity index (χ0) is 20.1. The van der Waals surface area contributed by atoms with Crippen LogP contribution in [0.15, 0.2) is 11.6 Å². The molecule has 0 aliphatic heterocycles. The molecule has 0 saturated heterocycles. The minimum Gasteiger partial charge on any atom is -0.118 e. The molecule has 0 bridgehead atoms. The lowest BCUT2D eigenvalue weighted by Crippen LogP contribution is -2.51. The summed E-state index contributed by atoms with van der Waals surface area (Å²) in [6.45, 7) is 12.7. The summed E-state index contributed by atoms with van der Waals surface area (Å²) in [5, 5.41) is 0.302. The first-order valence-corrected chi connectivity index (χ1v) is 13.0. The second kappa shape index (κ2) is 7.94. The lowest BCUT2D eigenvalue weighted by atomic mass is 9.46. The van der Waals surface area contributed by atoms with Crippen molar-refractivity contribution in [2.75, 3.05) is 0 Å². The maximum absolute atomic E-state index is 6.52. The largest absolute Gasteiger partial charge is 0.118 e. The maximum atomic E-state index is 6.52. The van der Waals surface area contributed by atoms with Crippen LogP contribution in [0.3, 0.4) is 0 Å². The first-order chi connectivity index (χ1) is 13.3. The molecule has 0 nitrogen and oxygen atoms in total. The summed E-state index contributed by atoms with van der Waals surface area (Å²) in [5.74, 6) is 5.68. The number of alkyl halides is 1. The Morgan fingerprint density at radius 3 is 2.50 bits per heavy atom. The molecule has 0 heterocycles. The van der Waals surface area contributed by atoms with Crippen LogP contribution in [0, 0.1) is 46.3 Å². The highest BCUT2D eigenvalue weighted by Gasteiger charge is 2.59. The normalized spacial score (nSPS) is 46.5. The fraction of sp³-hybridized carbons (Fsp3) is 0.926. The number of allylic oxidation sites excluding steroid dienone is 2. The molecule has 3 fully saturated rings. The van der Waals surface area contributed by atoms with Crippen molar-refractivity contribution in [1.29, 1.82) is 0 Å². The Hall–Kier alpha value is 0.0300. The van der Waals surface area contributed by atoms with Crippen LogP contribution in [0.5, 0.6) is 0 Å². The van der Waals surface area contributed by atoms with E-state index in [-0.39, 0.29) is 0 Å². The smallest absolute Gasteiger partial charge is 0.0519 e. The molecule has 4 rings (SSSR count). The Kier molecular flexibility index (Phi) is 6.03. The predicted octanol–water partition coefficient (Wildman–Crippen LogP) is 8.64. The van der Waals surface area contributed by atoms with E-state index in [0.717, 1.165) is 35.5 Å². The Balaban J connectivity index is 1.48. The van der Waals surface area contributed by atoms with E-state index >= 15 is 0 Å². The molecular weight excluding hydrogens is 360 g/mol. The van der Waals surface area contributed by atoms with Crippen LogP contribution in [-0.4, -0.2) is 5.38 Å². The van der Waals surface area contributed by atoms with Gasteiger partial charge in [0.1, 0.15) is 0 Å². The van der Waals surface area contributed by atoms with Gasteiger partial charge in [-0.25, -0.2) is 0 Å². The molecule has 4 aliphatic carbocycles. The molecule has 160 valence electrons. The van der Waals surface area contributed by atoms with E-state index in [1.54, 1.807) is 5.57 Å². The van der Waals surface area contributed by atoms with Crippen LogP contribution in [0.1, 0.15) is 105 Å². The van der Waals surface area contributed by atoms with Crippen molar-refractivity contribution < 1.29 is 0 Å². The summed E-state index contributed by atoms with van der Waals surface area (Å²) in [7, 11) is 0. The highest BCUT2D eigenvalue weighted by molar-refractivity contribution is 6.21. The highest BCUT2D eigenvalue weighted by atomic mass is 35.5. The Morgan fingerprint density at radius 1 is 0.964 bits per heavy atom. The van der Waals surface area contributed by atoms with E-state index in [1.807, 2.05) is 0 Å². The summed E-state index contributed by atoms with van der Waals surface area (Å²) < 4.78 is 0. The van der Waals surface area contributed by atoms with Crippen LogP contribution in [0.25, 0.3) is 0 Å². The monoisotopic (exact) mass is 404 g/mol. The van der Waals surface area contributed by atoms with Gasteiger partial charge in [-0.15, -0.1) is 11.6 Å². The second-order valence-electron chi connectivity index (χ2n) is 12.1. The zero-order valence-electron chi connectivity index (χ0n) is 19.3. The van der Waals surface area contributed by atoms with Crippen molar-refractivity contribution in [1.82, 2.24) is 0 Å². The molecule has 3 saturated carbocycles. The molecule has 0 amide bonds. The van der Waals surface area contributed by atoms with Gasteiger partial charge in [0.2, 0.25) is 0 Å². The molecule has 0 aromatic carbocycles. The van der Waals surface area contributed by atoms with E-state index < -0.39 is 0 Å². The van der Waals surface area contributed by atoms with E-state index in [9.17, 15) is 0 Å². The van der Waals surface area contributed by atoms with Crippen molar-refractivity contribution in [2.24, 2.45) is 46.3 Å². The van der Waals surface area contributed by atoms with E-state index in [1.165, 1.54) is 70.6 Å². The molecule has 4 aliphatic rings. The fourth-order valence-corrected chi connectivity index (χ4v) is 8.97. The minimum absolute atomic E-state index is 0.302. The summed E-state index contributed by atoms with van der Waals surface area (Å²) in [5.41, 5.74) is 2.83. The Labute approximate surface area is 180 Å². The van der Waals surface area contributed by atoms with Gasteiger partial charge < -0.3 is 0 Å². The SMILES string of the molecule is CC(C)CCC[C@@H](C)[C@H]1CC[C@H]2[C@@H]3CCC4=C[C@H](Cl)CC[C@]4(C)[C@@H]3CC[C@]12C. The Bertz CT molecular complexity index is 591. The maximum Gasteiger partial charge on any atom is 0.0519 e. The van der Waals surface area contributed by atoms with Crippen molar-refractivity contribution in [3.63, 3.8) is 0 Å². The molecule has 0 unspecified atom stereocenters. The molecule has 1 heteroatoms. The number of rotatable bonds is 5. The first kappa shape index (κ1) is 21.3. The van der Waals surface area contributed by atoms with Gasteiger partial charge in [0.05, 0.1) is 5.38 Å². The molecular formula is C27H45Cl. The summed E-state index contributed by atoms with van der Waals surface area (Å²) in [4.78, 5) is 0. The van der Waals surface area contributed by atoms with Crippen molar-refractivity contribution in [3.05, 3.63) is 11.6 Å². The third-order valence-electron chi connectivity index (χ3n) is 10.3. The topological polar surface area (TPSA) is 0 Å². The fourth-order valence-electron chi connectivity index (χ4n) is 8.71. The van der Waals surface area contributed by atoms with Gasteiger partial charge in [-0.05, 0) is 97.7 Å². The van der Waals surface area contributed by atoms with E-state index in [2.05, 4.69) is 40.7 Å². The average Bonchev–Trinajstić information content (AvgIpc) is 2.99. The lowest BCUT2D eigenvalue weighted by molar-refractivity contribution is -0.0591. The highest BCUT2D eigenvalue weighted by Crippen LogP contribution is 2.67. The number of fused-ring (bicyclic) bond motifs is 5. The second-order valence-corrected chi connectivity index (χ2v) is 12.7. The van der Waals surface area contributed by atoms with Gasteiger partial charge >= 0.3 is 0 Å². The Morgan fingerprint density at radius 2 is 1.75 bits per heavy atom. The minimum atomic E-state index is 0.302. The van der Waals surface area contributed by atoms with Crippen molar-refractivity contribution >= 4 is 11.6 Å². The number of halogens is 1. The van der Waals surface area contributed by atoms with Gasteiger partial charge in [-0.1, -0.05) is 65.5 Å². The average molecular weight is 405 g/mol. The number of hydrogen-bond acceptors (Lipinski definition) is 0. The van der Waals surface area contributed by atoms with Gasteiger partial charge in [0.15, 0.2) is 0 Å². The molecule has 0 radical (unpaired) electrons. The summed E-state index contributed by atoms with van der Waals surface area (Å²) in [6.07, 6.45) is 18.1. The van der Waals surface area contributed by atoms with Crippen molar-refractivity contribution in [3.8, 4) is 0 Å². The standard InChI is InChI=1S/C27H45Cl/c1-18(2)7-6-8-19(3)23-11-12-24-22-10-9-20-17-21(28)13-15-26(20,4)25(22)14-16-27(23,24)5/h17-19,21-25H,6-16H2,1-5H3/t19-,21-,22+,23-,24+,25-,26+,27-/m1/s1. The van der Waals surface area contributed by atoms with Gasteiger partial charge in [0.25, 0.3) is 0 Å². The van der Waals surface area contributed by atoms with Gasteiger partial charge in [0, 0.05) is 0 Å². The van der Waals surface area contributed by atoms with Crippen LogP contribution < -0.4 is 0 Å². The summed E-state index contributed by atoms with van der Waals surface area (Å²) >= 11 is 6.52. The zero-order valence-corrected chi connectivity index (χ0v) is 20.0. The van der Waals surface area contributed by atoms with Gasteiger partial charge in [-0.2, -0.15) is 0 Å². The summed E-state index contributed by atoms with van der Waals surface area (Å²) in [6, 6.07) is 0. The molecule has 0 spiro atoms. The van der Waals surface area contributed by atoms with E-state index in [4.69, 9.17) is 11.6 Å². The number of hydrogen-bond donors (Lipinski definition) is 0. The molecule has 8 atom stereocenters. The third-order valence-corrected chi connectivity index (χ3v) is 10.6. The van der Waals surface area contributed by atoms with Crippen LogP contribution in [0.2, 0.25) is 0 Å². The molecule has 0 aromatic heterocycles. The molecule has 0 N–H and O–H groups in total. The van der Waals surface area contributed by atoms with Crippen LogP contribution in [-0.2, 0) is 0 Å². The van der Waals surface area contributed by atoms with E-state index in [0.29, 0.717) is 16.2 Å². The van der Waals surface area contributed by atoms with Crippen molar-refractivity contribution in [2.45, 2.75) is 111 Å². The first-order valence-electron chi connectivity index (χ1n) is 12.6. The molecule has 0 aromatic rings. The van der Waals surface area contributed by atoms with Crippen LogP contribution >= 0.6 is 11.6 Å². The van der Waals surface area contributed by atoms with Crippen LogP contribution in [0.4, 0.5) is 0 Å². The van der Waals surface area contributed by atoms with Gasteiger partial charge in [-0.3, -0.25) is 0 Å². The third kappa shape index (κ3) is 3.52. The lowest BCUT2D eigenvalue weighted by Gasteiger charge is -2.59. The quantitative estimate of drug-likeness (QED) is 0.317. The predicted molar refractivity (Wildman–Crippen MR) is 123 cm³/mol.